The van der Waals surface area contributed by atoms with Gasteiger partial charge in [0.15, 0.2) is 0 Å². The van der Waals surface area contributed by atoms with Crippen LogP contribution in [-0.2, 0) is 0 Å². The molecule has 0 saturated carbocycles. The van der Waals surface area contributed by atoms with Gasteiger partial charge in [-0.25, -0.2) is 4.39 Å². The van der Waals surface area contributed by atoms with E-state index in [4.69, 9.17) is 0 Å². The van der Waals surface area contributed by atoms with Crippen LogP contribution in [-0.4, -0.2) is 7.05 Å². The number of halogens is 2. The molecule has 1 N–H and O–H groups in total. The maximum absolute atomic E-state index is 13.8. The smallest absolute Gasteiger partial charge is 0.129 e. The number of nitrogens with one attached hydrogen (secondary N) is 1. The zero-order valence-corrected chi connectivity index (χ0v) is 12.9. The minimum Gasteiger partial charge on any atom is -0.312 e. The lowest BCUT2D eigenvalue weighted by molar-refractivity contribution is 0.538. The molecule has 0 aliphatic carbocycles. The van der Waals surface area contributed by atoms with E-state index in [1.807, 2.05) is 13.1 Å². The predicted molar refractivity (Wildman–Crippen MR) is 77.7 cm³/mol. The van der Waals surface area contributed by atoms with Crippen LogP contribution >= 0.6 is 15.9 Å². The van der Waals surface area contributed by atoms with Crippen molar-refractivity contribution in [2.75, 3.05) is 7.05 Å². The quantitative estimate of drug-likeness (QED) is 0.821. The molecule has 18 heavy (non-hydrogen) atoms. The molecule has 1 aromatic carbocycles. The minimum absolute atomic E-state index is 0.0231. The third kappa shape index (κ3) is 4.44. The summed E-state index contributed by atoms with van der Waals surface area (Å²) in [5, 5.41) is 3.11. The first-order valence-electron chi connectivity index (χ1n) is 5.96. The van der Waals surface area contributed by atoms with Crippen molar-refractivity contribution in [3.63, 3.8) is 0 Å². The van der Waals surface area contributed by atoms with Crippen LogP contribution in [0.3, 0.4) is 0 Å². The molecule has 0 bridgehead atoms. The van der Waals surface area contributed by atoms with Crippen LogP contribution in [0.4, 0.5) is 4.39 Å². The van der Waals surface area contributed by atoms with Crippen molar-refractivity contribution in [1.82, 2.24) is 5.32 Å². The van der Waals surface area contributed by atoms with Gasteiger partial charge in [-0.05, 0) is 40.0 Å². The van der Waals surface area contributed by atoms with Gasteiger partial charge >= 0.3 is 0 Å². The lowest BCUT2D eigenvalue weighted by Crippen LogP contribution is -2.18. The van der Waals surface area contributed by atoms with Crippen LogP contribution in [0, 0.1) is 23.1 Å². The summed E-state index contributed by atoms with van der Waals surface area (Å²) in [5.41, 5.74) is 0.619. The van der Waals surface area contributed by atoms with Crippen molar-refractivity contribution in [2.24, 2.45) is 5.41 Å². The maximum atomic E-state index is 13.8. The minimum atomic E-state index is -0.207. The molecule has 3 heteroatoms. The summed E-state index contributed by atoms with van der Waals surface area (Å²) in [6.07, 6.45) is 0.591. The van der Waals surface area contributed by atoms with Crippen molar-refractivity contribution >= 4 is 15.9 Å². The summed E-state index contributed by atoms with van der Waals surface area (Å²) in [6.45, 7) is 6.19. The van der Waals surface area contributed by atoms with Gasteiger partial charge in [0.1, 0.15) is 5.82 Å². The Morgan fingerprint density at radius 3 is 2.56 bits per heavy atom. The summed E-state index contributed by atoms with van der Waals surface area (Å²) in [6, 6.07) is 4.91. The molecule has 0 spiro atoms. The fraction of sp³-hybridized carbons (Fsp3) is 0.467. The number of rotatable bonds is 3. The predicted octanol–water partition coefficient (Wildman–Crippen LogP) is 4.29. The van der Waals surface area contributed by atoms with Crippen molar-refractivity contribution in [3.05, 3.63) is 34.1 Å². The molecule has 1 rings (SSSR count). The highest BCUT2D eigenvalue weighted by Gasteiger charge is 2.16. The lowest BCUT2D eigenvalue weighted by Gasteiger charge is -2.16. The Morgan fingerprint density at radius 1 is 1.39 bits per heavy atom. The normalized spacial score (nSPS) is 12.8. The Kier molecular flexibility index (Phi) is 5.37. The van der Waals surface area contributed by atoms with Crippen LogP contribution in [0.1, 0.15) is 38.8 Å². The molecule has 0 amide bonds. The topological polar surface area (TPSA) is 12.0 Å². The molecule has 0 heterocycles. The Hall–Kier alpha value is -0.850. The van der Waals surface area contributed by atoms with E-state index in [1.165, 1.54) is 6.07 Å². The van der Waals surface area contributed by atoms with E-state index in [1.54, 1.807) is 6.07 Å². The average Bonchev–Trinajstić information content (AvgIpc) is 2.25. The first kappa shape index (κ1) is 15.2. The molecule has 0 aromatic heterocycles. The second-order valence-corrected chi connectivity index (χ2v) is 6.09. The Morgan fingerprint density at radius 2 is 2.06 bits per heavy atom. The summed E-state index contributed by atoms with van der Waals surface area (Å²) < 4.78 is 14.6. The molecule has 0 aliphatic rings. The molecule has 1 unspecified atom stereocenters. The number of benzene rings is 1. The van der Waals surface area contributed by atoms with Gasteiger partial charge in [-0.1, -0.05) is 27.9 Å². The van der Waals surface area contributed by atoms with E-state index in [0.717, 1.165) is 4.47 Å². The van der Waals surface area contributed by atoms with Gasteiger partial charge in [0.05, 0.1) is 0 Å². The third-order valence-electron chi connectivity index (χ3n) is 2.47. The van der Waals surface area contributed by atoms with Crippen LogP contribution in [0.5, 0.6) is 0 Å². The molecule has 0 fully saturated rings. The molecule has 1 aromatic rings. The fourth-order valence-corrected chi connectivity index (χ4v) is 2.23. The zero-order chi connectivity index (χ0) is 13.8. The second-order valence-electron chi connectivity index (χ2n) is 5.23. The van der Waals surface area contributed by atoms with E-state index in [2.05, 4.69) is 53.9 Å². The molecule has 1 nitrogen and oxygen atoms in total. The van der Waals surface area contributed by atoms with Crippen LogP contribution < -0.4 is 5.32 Å². The van der Waals surface area contributed by atoms with Gasteiger partial charge in [-0.2, -0.15) is 0 Å². The standard InChI is InChI=1S/C15H19BrFN/c1-15(2,3)10-6-9-13(18-4)14-11(16)7-5-8-12(14)17/h5,7-8,13,18H,9H2,1-4H3. The SMILES string of the molecule is CNC(CC#CC(C)(C)C)c1c(F)cccc1Br. The average molecular weight is 312 g/mol. The maximum Gasteiger partial charge on any atom is 0.129 e. The lowest BCUT2D eigenvalue weighted by atomic mass is 9.96. The molecular formula is C15H19BrFN. The second kappa shape index (κ2) is 6.36. The monoisotopic (exact) mass is 311 g/mol. The van der Waals surface area contributed by atoms with Crippen molar-refractivity contribution in [1.29, 1.82) is 0 Å². The van der Waals surface area contributed by atoms with E-state index < -0.39 is 0 Å². The van der Waals surface area contributed by atoms with Crippen LogP contribution in [0.25, 0.3) is 0 Å². The van der Waals surface area contributed by atoms with Gasteiger partial charge in [-0.3, -0.25) is 0 Å². The van der Waals surface area contributed by atoms with Gasteiger partial charge in [0, 0.05) is 27.9 Å². The van der Waals surface area contributed by atoms with Gasteiger partial charge in [0.25, 0.3) is 0 Å². The third-order valence-corrected chi connectivity index (χ3v) is 3.16. The summed E-state index contributed by atoms with van der Waals surface area (Å²) in [7, 11) is 1.82. The van der Waals surface area contributed by atoms with E-state index in [-0.39, 0.29) is 17.3 Å². The first-order valence-corrected chi connectivity index (χ1v) is 6.75. The molecular weight excluding hydrogens is 293 g/mol. The van der Waals surface area contributed by atoms with Crippen molar-refractivity contribution in [2.45, 2.75) is 33.2 Å². The highest BCUT2D eigenvalue weighted by Crippen LogP contribution is 2.28. The molecule has 0 saturated heterocycles. The Labute approximate surface area is 117 Å². The molecule has 1 atom stereocenters. The van der Waals surface area contributed by atoms with Crippen LogP contribution in [0.15, 0.2) is 22.7 Å². The van der Waals surface area contributed by atoms with E-state index in [0.29, 0.717) is 12.0 Å². The van der Waals surface area contributed by atoms with Gasteiger partial charge in [0.2, 0.25) is 0 Å². The molecule has 0 aliphatic heterocycles. The zero-order valence-electron chi connectivity index (χ0n) is 11.3. The van der Waals surface area contributed by atoms with E-state index in [9.17, 15) is 4.39 Å². The number of hydrogen-bond donors (Lipinski definition) is 1. The summed E-state index contributed by atoms with van der Waals surface area (Å²) in [5.74, 6) is 6.09. The van der Waals surface area contributed by atoms with Crippen molar-refractivity contribution < 1.29 is 4.39 Å². The van der Waals surface area contributed by atoms with Crippen molar-refractivity contribution in [3.8, 4) is 11.8 Å². The largest absolute Gasteiger partial charge is 0.312 e. The fourth-order valence-electron chi connectivity index (χ4n) is 1.61. The highest BCUT2D eigenvalue weighted by molar-refractivity contribution is 9.10. The summed E-state index contributed by atoms with van der Waals surface area (Å²) >= 11 is 3.39. The highest BCUT2D eigenvalue weighted by atomic mass is 79.9. The summed E-state index contributed by atoms with van der Waals surface area (Å²) in [4.78, 5) is 0. The Bertz CT molecular complexity index is 445. The molecule has 0 radical (unpaired) electrons. The first-order chi connectivity index (χ1) is 8.35. The molecule has 98 valence electrons. The van der Waals surface area contributed by atoms with E-state index >= 15 is 0 Å². The van der Waals surface area contributed by atoms with Gasteiger partial charge in [-0.15, -0.1) is 5.92 Å². The van der Waals surface area contributed by atoms with Crippen LogP contribution in [0.2, 0.25) is 0 Å². The Balaban J connectivity index is 2.93. The number of hydrogen-bond acceptors (Lipinski definition) is 1. The van der Waals surface area contributed by atoms with Gasteiger partial charge < -0.3 is 5.32 Å².